The molecule has 0 aromatic heterocycles. The number of benzene rings is 2. The molecule has 1 unspecified atom stereocenters. The molecule has 0 spiro atoms. The number of rotatable bonds is 4. The first-order chi connectivity index (χ1) is 11.5. The lowest BCUT2D eigenvalue weighted by molar-refractivity contribution is -0.123. The van der Waals surface area contributed by atoms with Crippen molar-refractivity contribution in [3.05, 3.63) is 70.7 Å². The van der Waals surface area contributed by atoms with E-state index < -0.39 is 23.8 Å². The molecular formula is C17H16ClN3O3. The van der Waals surface area contributed by atoms with Crippen molar-refractivity contribution in [2.75, 3.05) is 0 Å². The normalized spacial score (nSPS) is 11.2. The van der Waals surface area contributed by atoms with E-state index in [1.807, 2.05) is 0 Å². The van der Waals surface area contributed by atoms with Gasteiger partial charge < -0.3 is 5.32 Å². The lowest BCUT2D eigenvalue weighted by atomic mass is 10.2. The van der Waals surface area contributed by atoms with Gasteiger partial charge in [0.1, 0.15) is 6.04 Å². The lowest BCUT2D eigenvalue weighted by Crippen LogP contribution is -2.51. The standard InChI is InChI=1S/C17H16ClN3O3/c1-11(19-16(23)13-7-9-14(18)10-8-13)15(22)20-21-17(24)12-5-3-2-4-6-12/h2-11H,1H3,(H,19,23)(H,20,22)(H,21,24). The van der Waals surface area contributed by atoms with Crippen LogP contribution in [0.25, 0.3) is 0 Å². The predicted molar refractivity (Wildman–Crippen MR) is 90.4 cm³/mol. The van der Waals surface area contributed by atoms with Crippen molar-refractivity contribution >= 4 is 29.3 Å². The highest BCUT2D eigenvalue weighted by Gasteiger charge is 2.17. The van der Waals surface area contributed by atoms with Crippen molar-refractivity contribution < 1.29 is 14.4 Å². The van der Waals surface area contributed by atoms with Crippen LogP contribution in [0.15, 0.2) is 54.6 Å². The van der Waals surface area contributed by atoms with Gasteiger partial charge in [0, 0.05) is 16.1 Å². The fourth-order valence-electron chi connectivity index (χ4n) is 1.84. The first-order valence-electron chi connectivity index (χ1n) is 7.19. The highest BCUT2D eigenvalue weighted by atomic mass is 35.5. The summed E-state index contributed by atoms with van der Waals surface area (Å²) in [5.41, 5.74) is 5.36. The molecule has 24 heavy (non-hydrogen) atoms. The van der Waals surface area contributed by atoms with E-state index in [1.165, 1.54) is 6.92 Å². The van der Waals surface area contributed by atoms with Crippen molar-refractivity contribution in [2.45, 2.75) is 13.0 Å². The highest BCUT2D eigenvalue weighted by Crippen LogP contribution is 2.09. The summed E-state index contributed by atoms with van der Waals surface area (Å²) in [6.07, 6.45) is 0. The zero-order chi connectivity index (χ0) is 17.5. The number of hydrogen-bond acceptors (Lipinski definition) is 3. The van der Waals surface area contributed by atoms with Crippen LogP contribution in [0, 0.1) is 0 Å². The Morgan fingerprint density at radius 1 is 0.833 bits per heavy atom. The molecule has 124 valence electrons. The summed E-state index contributed by atoms with van der Waals surface area (Å²) in [5, 5.41) is 3.05. The molecule has 7 heteroatoms. The molecular weight excluding hydrogens is 330 g/mol. The molecule has 2 aromatic rings. The second kappa shape index (κ2) is 8.12. The Bertz CT molecular complexity index is 733. The fourth-order valence-corrected chi connectivity index (χ4v) is 1.96. The SMILES string of the molecule is CC(NC(=O)c1ccc(Cl)cc1)C(=O)NNC(=O)c1ccccc1. The van der Waals surface area contributed by atoms with Crippen LogP contribution in [0.4, 0.5) is 0 Å². The van der Waals surface area contributed by atoms with Crippen LogP contribution in [0.5, 0.6) is 0 Å². The van der Waals surface area contributed by atoms with E-state index in [0.717, 1.165) is 0 Å². The van der Waals surface area contributed by atoms with Gasteiger partial charge in [-0.25, -0.2) is 0 Å². The van der Waals surface area contributed by atoms with Gasteiger partial charge in [-0.3, -0.25) is 25.2 Å². The molecule has 2 aromatic carbocycles. The zero-order valence-corrected chi connectivity index (χ0v) is 13.6. The van der Waals surface area contributed by atoms with Crippen molar-refractivity contribution in [1.29, 1.82) is 0 Å². The summed E-state index contributed by atoms with van der Waals surface area (Å²) < 4.78 is 0. The molecule has 0 saturated heterocycles. The minimum absolute atomic E-state index is 0.382. The maximum atomic E-state index is 12.0. The monoisotopic (exact) mass is 345 g/mol. The number of carbonyl (C=O) groups excluding carboxylic acids is 3. The van der Waals surface area contributed by atoms with E-state index in [0.29, 0.717) is 16.1 Å². The Kier molecular flexibility index (Phi) is 5.92. The van der Waals surface area contributed by atoms with Crippen LogP contribution in [0.2, 0.25) is 5.02 Å². The van der Waals surface area contributed by atoms with E-state index in [4.69, 9.17) is 11.6 Å². The molecule has 0 heterocycles. The van der Waals surface area contributed by atoms with Crippen molar-refractivity contribution in [2.24, 2.45) is 0 Å². The predicted octanol–water partition coefficient (Wildman–Crippen LogP) is 1.92. The zero-order valence-electron chi connectivity index (χ0n) is 12.9. The number of nitrogens with one attached hydrogen (secondary N) is 3. The maximum absolute atomic E-state index is 12.0. The van der Waals surface area contributed by atoms with Crippen LogP contribution < -0.4 is 16.2 Å². The number of carbonyl (C=O) groups is 3. The first-order valence-corrected chi connectivity index (χ1v) is 7.57. The molecule has 6 nitrogen and oxygen atoms in total. The third-order valence-corrected chi connectivity index (χ3v) is 3.43. The Labute approximate surface area is 144 Å². The largest absolute Gasteiger partial charge is 0.340 e. The summed E-state index contributed by atoms with van der Waals surface area (Å²) >= 11 is 5.76. The second-order valence-corrected chi connectivity index (χ2v) is 5.45. The Balaban J connectivity index is 1.84. The Hall–Kier alpha value is -2.86. The molecule has 3 amide bonds. The van der Waals surface area contributed by atoms with Gasteiger partial charge in [-0.05, 0) is 43.3 Å². The molecule has 0 bridgehead atoms. The van der Waals surface area contributed by atoms with Gasteiger partial charge in [0.05, 0.1) is 0 Å². The average molecular weight is 346 g/mol. The minimum atomic E-state index is -0.829. The summed E-state index contributed by atoms with van der Waals surface area (Å²) in [6.45, 7) is 1.51. The van der Waals surface area contributed by atoms with Crippen LogP contribution in [0.3, 0.4) is 0 Å². The van der Waals surface area contributed by atoms with Gasteiger partial charge in [-0.1, -0.05) is 29.8 Å². The van der Waals surface area contributed by atoms with Gasteiger partial charge in [-0.15, -0.1) is 0 Å². The summed E-state index contributed by atoms with van der Waals surface area (Å²) in [4.78, 5) is 35.8. The number of halogens is 1. The van der Waals surface area contributed by atoms with E-state index in [-0.39, 0.29) is 0 Å². The average Bonchev–Trinajstić information content (AvgIpc) is 2.60. The lowest BCUT2D eigenvalue weighted by Gasteiger charge is -2.14. The fraction of sp³-hybridized carbons (Fsp3) is 0.118. The number of hydrogen-bond donors (Lipinski definition) is 3. The smallest absolute Gasteiger partial charge is 0.269 e. The molecule has 0 fully saturated rings. The highest BCUT2D eigenvalue weighted by molar-refractivity contribution is 6.30. The van der Waals surface area contributed by atoms with E-state index >= 15 is 0 Å². The Morgan fingerprint density at radius 3 is 2.04 bits per heavy atom. The third-order valence-electron chi connectivity index (χ3n) is 3.18. The van der Waals surface area contributed by atoms with E-state index in [9.17, 15) is 14.4 Å². The van der Waals surface area contributed by atoms with Crippen molar-refractivity contribution in [1.82, 2.24) is 16.2 Å². The van der Waals surface area contributed by atoms with Gasteiger partial charge >= 0.3 is 0 Å². The Morgan fingerprint density at radius 2 is 1.42 bits per heavy atom. The van der Waals surface area contributed by atoms with Gasteiger partial charge in [-0.2, -0.15) is 0 Å². The summed E-state index contributed by atoms with van der Waals surface area (Å²) in [7, 11) is 0. The first kappa shape index (κ1) is 17.5. The number of hydrazine groups is 1. The second-order valence-electron chi connectivity index (χ2n) is 5.01. The number of amides is 3. The molecule has 2 rings (SSSR count). The quantitative estimate of drug-likeness (QED) is 0.740. The molecule has 1 atom stereocenters. The summed E-state index contributed by atoms with van der Waals surface area (Å²) in [6, 6.07) is 13.9. The van der Waals surface area contributed by atoms with Crippen LogP contribution in [-0.4, -0.2) is 23.8 Å². The van der Waals surface area contributed by atoms with Gasteiger partial charge in [0.15, 0.2) is 0 Å². The maximum Gasteiger partial charge on any atom is 0.269 e. The molecule has 0 aliphatic carbocycles. The van der Waals surface area contributed by atoms with E-state index in [1.54, 1.807) is 54.6 Å². The minimum Gasteiger partial charge on any atom is -0.340 e. The van der Waals surface area contributed by atoms with Gasteiger partial charge in [0.2, 0.25) is 0 Å². The summed E-state index contributed by atoms with van der Waals surface area (Å²) in [5.74, 6) is -1.40. The van der Waals surface area contributed by atoms with E-state index in [2.05, 4.69) is 16.2 Å². The molecule has 0 aliphatic heterocycles. The van der Waals surface area contributed by atoms with Crippen LogP contribution in [-0.2, 0) is 4.79 Å². The van der Waals surface area contributed by atoms with Gasteiger partial charge in [0.25, 0.3) is 17.7 Å². The molecule has 0 saturated carbocycles. The van der Waals surface area contributed by atoms with Crippen molar-refractivity contribution in [3.63, 3.8) is 0 Å². The molecule has 3 N–H and O–H groups in total. The third kappa shape index (κ3) is 4.82. The van der Waals surface area contributed by atoms with Crippen LogP contribution in [0.1, 0.15) is 27.6 Å². The topological polar surface area (TPSA) is 87.3 Å². The molecule has 0 radical (unpaired) electrons. The van der Waals surface area contributed by atoms with Crippen molar-refractivity contribution in [3.8, 4) is 0 Å². The molecule has 0 aliphatic rings. The van der Waals surface area contributed by atoms with Crippen LogP contribution >= 0.6 is 11.6 Å².